The van der Waals surface area contributed by atoms with E-state index in [9.17, 15) is 0 Å². The van der Waals surface area contributed by atoms with Crippen molar-refractivity contribution in [1.29, 1.82) is 0 Å². The zero-order chi connectivity index (χ0) is 12.1. The van der Waals surface area contributed by atoms with E-state index in [-0.39, 0.29) is 0 Å². The fourth-order valence-corrected chi connectivity index (χ4v) is 1.50. The van der Waals surface area contributed by atoms with Gasteiger partial charge >= 0.3 is 0 Å². The summed E-state index contributed by atoms with van der Waals surface area (Å²) in [6.45, 7) is 2.97. The molecule has 0 saturated carbocycles. The largest absolute Gasteiger partial charge is 0.486 e. The second-order valence-electron chi connectivity index (χ2n) is 3.84. The molecule has 1 heterocycles. The highest BCUT2D eigenvalue weighted by Gasteiger charge is 2.03. The van der Waals surface area contributed by atoms with Gasteiger partial charge in [-0.2, -0.15) is 5.10 Å². The van der Waals surface area contributed by atoms with Gasteiger partial charge in [-0.05, 0) is 31.2 Å². The second-order valence-corrected chi connectivity index (χ2v) is 3.84. The van der Waals surface area contributed by atoms with Crippen LogP contribution in [-0.2, 0) is 13.0 Å². The van der Waals surface area contributed by atoms with Crippen LogP contribution in [0.3, 0.4) is 0 Å². The molecule has 0 unspecified atom stereocenters. The predicted octanol–water partition coefficient (Wildman–Crippen LogP) is 1.19. The Hall–Kier alpha value is -1.88. The third kappa shape index (κ3) is 3.29. The van der Waals surface area contributed by atoms with Crippen LogP contribution in [0, 0.1) is 6.92 Å². The summed E-state index contributed by atoms with van der Waals surface area (Å²) in [5.41, 5.74) is 6.60. The van der Waals surface area contributed by atoms with Crippen LogP contribution in [0.1, 0.15) is 17.2 Å². The van der Waals surface area contributed by atoms with Crippen LogP contribution in [0.15, 0.2) is 24.3 Å². The molecule has 17 heavy (non-hydrogen) atoms. The summed E-state index contributed by atoms with van der Waals surface area (Å²) in [4.78, 5) is 4.27. The number of nitrogens with one attached hydrogen (secondary N) is 1. The Morgan fingerprint density at radius 2 is 2.29 bits per heavy atom. The van der Waals surface area contributed by atoms with Crippen molar-refractivity contribution in [2.75, 3.05) is 6.54 Å². The summed E-state index contributed by atoms with van der Waals surface area (Å²) in [5.74, 6) is 2.28. The molecule has 1 aromatic carbocycles. The monoisotopic (exact) mass is 232 g/mol. The molecule has 90 valence electrons. The number of rotatable bonds is 5. The maximum Gasteiger partial charge on any atom is 0.162 e. The molecule has 5 nitrogen and oxygen atoms in total. The zero-order valence-corrected chi connectivity index (χ0v) is 9.81. The fourth-order valence-electron chi connectivity index (χ4n) is 1.50. The van der Waals surface area contributed by atoms with E-state index in [0.717, 1.165) is 17.4 Å². The molecule has 3 N–H and O–H groups in total. The number of aromatic amines is 1. The molecule has 5 heteroatoms. The van der Waals surface area contributed by atoms with Crippen molar-refractivity contribution in [3.63, 3.8) is 0 Å². The normalized spacial score (nSPS) is 10.5. The van der Waals surface area contributed by atoms with Crippen LogP contribution in [0.4, 0.5) is 0 Å². The van der Waals surface area contributed by atoms with Crippen LogP contribution < -0.4 is 10.5 Å². The summed E-state index contributed by atoms with van der Waals surface area (Å²) in [7, 11) is 0. The van der Waals surface area contributed by atoms with E-state index in [0.29, 0.717) is 19.6 Å². The van der Waals surface area contributed by atoms with Crippen molar-refractivity contribution in [2.45, 2.75) is 20.0 Å². The van der Waals surface area contributed by atoms with Gasteiger partial charge in [-0.3, -0.25) is 5.10 Å². The SMILES string of the molecule is Cc1cccc(OCc2nc(CCN)n[nH]2)c1. The first-order valence-corrected chi connectivity index (χ1v) is 5.57. The summed E-state index contributed by atoms with van der Waals surface area (Å²) < 4.78 is 5.60. The molecule has 2 aromatic rings. The highest BCUT2D eigenvalue weighted by atomic mass is 16.5. The van der Waals surface area contributed by atoms with Crippen LogP contribution >= 0.6 is 0 Å². The fraction of sp³-hybridized carbons (Fsp3) is 0.333. The van der Waals surface area contributed by atoms with E-state index in [1.807, 2.05) is 31.2 Å². The number of ether oxygens (including phenoxy) is 1. The first-order valence-electron chi connectivity index (χ1n) is 5.57. The molecule has 0 radical (unpaired) electrons. The van der Waals surface area contributed by atoms with Crippen molar-refractivity contribution in [1.82, 2.24) is 15.2 Å². The smallest absolute Gasteiger partial charge is 0.162 e. The topological polar surface area (TPSA) is 76.8 Å². The minimum atomic E-state index is 0.390. The number of nitrogens with zero attached hydrogens (tertiary/aromatic N) is 2. The molecule has 0 aliphatic rings. The average Bonchev–Trinajstić information content (AvgIpc) is 2.75. The van der Waals surface area contributed by atoms with Crippen molar-refractivity contribution >= 4 is 0 Å². The zero-order valence-electron chi connectivity index (χ0n) is 9.81. The second kappa shape index (κ2) is 5.45. The Balaban J connectivity index is 1.93. The Kier molecular flexibility index (Phi) is 3.72. The number of hydrogen-bond acceptors (Lipinski definition) is 4. The highest BCUT2D eigenvalue weighted by molar-refractivity contribution is 5.27. The summed E-state index contributed by atoms with van der Waals surface area (Å²) in [6, 6.07) is 7.90. The van der Waals surface area contributed by atoms with Crippen LogP contribution in [-0.4, -0.2) is 21.7 Å². The van der Waals surface area contributed by atoms with Crippen molar-refractivity contribution in [3.8, 4) is 5.75 Å². The Bertz CT molecular complexity index is 481. The minimum Gasteiger partial charge on any atom is -0.486 e. The molecule has 1 aromatic heterocycles. The number of benzene rings is 1. The molecule has 0 fully saturated rings. The van der Waals surface area contributed by atoms with Crippen molar-refractivity contribution in [2.24, 2.45) is 5.73 Å². The van der Waals surface area contributed by atoms with Gasteiger partial charge in [0.15, 0.2) is 11.6 Å². The standard InChI is InChI=1S/C12H16N4O/c1-9-3-2-4-10(7-9)17-8-12-14-11(5-6-13)15-16-12/h2-4,7H,5-6,8,13H2,1H3,(H,14,15,16). The molecule has 2 rings (SSSR count). The molecule has 0 aliphatic heterocycles. The molecule has 0 saturated heterocycles. The summed E-state index contributed by atoms with van der Waals surface area (Å²) >= 11 is 0. The summed E-state index contributed by atoms with van der Waals surface area (Å²) in [5, 5.41) is 6.87. The lowest BCUT2D eigenvalue weighted by molar-refractivity contribution is 0.296. The van der Waals surface area contributed by atoms with Gasteiger partial charge < -0.3 is 10.5 Å². The third-order valence-electron chi connectivity index (χ3n) is 2.31. The van der Waals surface area contributed by atoms with Gasteiger partial charge in [0.05, 0.1) is 0 Å². The highest BCUT2D eigenvalue weighted by Crippen LogP contribution is 2.13. The van der Waals surface area contributed by atoms with Crippen LogP contribution in [0.25, 0.3) is 0 Å². The van der Waals surface area contributed by atoms with E-state index < -0.39 is 0 Å². The van der Waals surface area contributed by atoms with Gasteiger partial charge in [-0.1, -0.05) is 12.1 Å². The van der Waals surface area contributed by atoms with E-state index in [4.69, 9.17) is 10.5 Å². The van der Waals surface area contributed by atoms with E-state index in [1.54, 1.807) is 0 Å². The van der Waals surface area contributed by atoms with Gasteiger partial charge in [0.25, 0.3) is 0 Å². The molecule has 0 atom stereocenters. The average molecular weight is 232 g/mol. The number of hydrogen-bond donors (Lipinski definition) is 2. The van der Waals surface area contributed by atoms with Crippen LogP contribution in [0.5, 0.6) is 5.75 Å². The number of aromatic nitrogens is 3. The molecule has 0 amide bonds. The van der Waals surface area contributed by atoms with Crippen LogP contribution in [0.2, 0.25) is 0 Å². The predicted molar refractivity (Wildman–Crippen MR) is 64.7 cm³/mol. The molecule has 0 bridgehead atoms. The summed E-state index contributed by atoms with van der Waals surface area (Å²) in [6.07, 6.45) is 0.681. The van der Waals surface area contributed by atoms with Gasteiger partial charge in [0.1, 0.15) is 12.4 Å². The van der Waals surface area contributed by atoms with E-state index in [2.05, 4.69) is 15.2 Å². The van der Waals surface area contributed by atoms with Crippen molar-refractivity contribution < 1.29 is 4.74 Å². The van der Waals surface area contributed by atoms with Gasteiger partial charge in [0.2, 0.25) is 0 Å². The first kappa shape index (κ1) is 11.6. The lowest BCUT2D eigenvalue weighted by Gasteiger charge is -2.03. The Labute approximate surface area is 100 Å². The van der Waals surface area contributed by atoms with E-state index in [1.165, 1.54) is 5.56 Å². The first-order chi connectivity index (χ1) is 8.28. The molecule has 0 aliphatic carbocycles. The lowest BCUT2D eigenvalue weighted by Crippen LogP contribution is -2.04. The van der Waals surface area contributed by atoms with Gasteiger partial charge in [-0.25, -0.2) is 4.98 Å². The van der Waals surface area contributed by atoms with E-state index >= 15 is 0 Å². The maximum absolute atomic E-state index is 5.60. The number of aryl methyl sites for hydroxylation is 1. The maximum atomic E-state index is 5.60. The molecule has 0 spiro atoms. The minimum absolute atomic E-state index is 0.390. The lowest BCUT2D eigenvalue weighted by atomic mass is 10.2. The quantitative estimate of drug-likeness (QED) is 0.812. The van der Waals surface area contributed by atoms with Crippen molar-refractivity contribution in [3.05, 3.63) is 41.5 Å². The molecular weight excluding hydrogens is 216 g/mol. The third-order valence-corrected chi connectivity index (χ3v) is 2.31. The Morgan fingerprint density at radius 1 is 1.41 bits per heavy atom. The molecular formula is C12H16N4O. The number of nitrogens with two attached hydrogens (primary N) is 1. The van der Waals surface area contributed by atoms with Gasteiger partial charge in [0, 0.05) is 6.42 Å². The van der Waals surface area contributed by atoms with Gasteiger partial charge in [-0.15, -0.1) is 0 Å². The Morgan fingerprint density at radius 3 is 3.06 bits per heavy atom. The number of H-pyrrole nitrogens is 1.